The van der Waals surface area contributed by atoms with Crippen molar-refractivity contribution < 1.29 is 8.78 Å². The summed E-state index contributed by atoms with van der Waals surface area (Å²) in [6, 6.07) is 2.65. The zero-order valence-electron chi connectivity index (χ0n) is 10.9. The van der Waals surface area contributed by atoms with E-state index in [1.165, 1.54) is 19.3 Å². The van der Waals surface area contributed by atoms with Gasteiger partial charge in [-0.2, -0.15) is 0 Å². The molecule has 0 radical (unpaired) electrons. The van der Waals surface area contributed by atoms with Gasteiger partial charge in [0.15, 0.2) is 0 Å². The summed E-state index contributed by atoms with van der Waals surface area (Å²) in [7, 11) is 0. The van der Waals surface area contributed by atoms with Crippen LogP contribution >= 0.6 is 15.9 Å². The Labute approximate surface area is 116 Å². The molecule has 18 heavy (non-hydrogen) atoms. The molecule has 0 N–H and O–H groups in total. The van der Waals surface area contributed by atoms with Gasteiger partial charge in [-0.3, -0.25) is 0 Å². The monoisotopic (exact) mass is 316 g/mol. The van der Waals surface area contributed by atoms with Gasteiger partial charge < -0.3 is 0 Å². The number of hydrogen-bond acceptors (Lipinski definition) is 0. The Morgan fingerprint density at radius 1 is 1.11 bits per heavy atom. The quantitative estimate of drug-likeness (QED) is 0.616. The highest BCUT2D eigenvalue weighted by Crippen LogP contribution is 2.50. The number of rotatable bonds is 2. The molecule has 0 aliphatic heterocycles. The predicted octanol–water partition coefficient (Wildman–Crippen LogP) is 5.68. The third-order valence-electron chi connectivity index (χ3n) is 4.16. The average molecular weight is 317 g/mol. The minimum atomic E-state index is -0.468. The van der Waals surface area contributed by atoms with Crippen LogP contribution in [-0.4, -0.2) is 0 Å². The fourth-order valence-electron chi connectivity index (χ4n) is 2.86. The maximum atomic E-state index is 13.9. The van der Waals surface area contributed by atoms with Crippen molar-refractivity contribution in [2.75, 3.05) is 0 Å². The zero-order valence-corrected chi connectivity index (χ0v) is 12.5. The van der Waals surface area contributed by atoms with Crippen LogP contribution in [0.25, 0.3) is 0 Å². The second-order valence-electron chi connectivity index (χ2n) is 5.70. The maximum absolute atomic E-state index is 13.9. The van der Waals surface area contributed by atoms with Crippen LogP contribution in [-0.2, 0) is 0 Å². The Kier molecular flexibility index (Phi) is 4.10. The van der Waals surface area contributed by atoms with Crippen molar-refractivity contribution in [3.05, 3.63) is 34.9 Å². The minimum absolute atomic E-state index is 0.0374. The largest absolute Gasteiger partial charge is 0.207 e. The van der Waals surface area contributed by atoms with E-state index in [1.807, 2.05) is 0 Å². The van der Waals surface area contributed by atoms with Gasteiger partial charge in [-0.25, -0.2) is 8.78 Å². The highest BCUT2D eigenvalue weighted by Gasteiger charge is 2.36. The van der Waals surface area contributed by atoms with Gasteiger partial charge in [-0.1, -0.05) is 42.1 Å². The molecule has 1 unspecified atom stereocenters. The summed E-state index contributed by atoms with van der Waals surface area (Å²) in [6.45, 7) is 3.88. The molecule has 0 nitrogen and oxygen atoms in total. The van der Waals surface area contributed by atoms with Gasteiger partial charge in [-0.15, -0.1) is 0 Å². The van der Waals surface area contributed by atoms with Crippen LogP contribution < -0.4 is 0 Å². The van der Waals surface area contributed by atoms with Crippen molar-refractivity contribution in [1.82, 2.24) is 0 Å². The fraction of sp³-hybridized carbons (Fsp3) is 0.600. The zero-order chi connectivity index (χ0) is 13.3. The molecule has 0 heterocycles. The van der Waals surface area contributed by atoms with E-state index in [0.717, 1.165) is 18.9 Å². The molecule has 0 amide bonds. The Morgan fingerprint density at radius 3 is 2.33 bits per heavy atom. The normalized spacial score (nSPS) is 20.7. The average Bonchev–Trinajstić information content (AvgIpc) is 2.34. The predicted molar refractivity (Wildman–Crippen MR) is 74.0 cm³/mol. The van der Waals surface area contributed by atoms with E-state index in [1.54, 1.807) is 13.0 Å². The molecule has 1 aromatic rings. The maximum Gasteiger partial charge on any atom is 0.130 e. The summed E-state index contributed by atoms with van der Waals surface area (Å²) >= 11 is 3.65. The lowest BCUT2D eigenvalue weighted by molar-refractivity contribution is 0.210. The third-order valence-corrected chi connectivity index (χ3v) is 5.76. The summed E-state index contributed by atoms with van der Waals surface area (Å²) in [4.78, 5) is -0.0374. The van der Waals surface area contributed by atoms with Crippen LogP contribution in [0.15, 0.2) is 12.1 Å². The summed E-state index contributed by atoms with van der Waals surface area (Å²) in [5, 5.41) is 0. The lowest BCUT2D eigenvalue weighted by Gasteiger charge is -2.38. The van der Waals surface area contributed by atoms with Crippen LogP contribution in [0.4, 0.5) is 8.78 Å². The van der Waals surface area contributed by atoms with Gasteiger partial charge in [0.05, 0.1) is 0 Å². The molecule has 1 aliphatic rings. The number of aryl methyl sites for hydroxylation is 1. The van der Waals surface area contributed by atoms with Crippen molar-refractivity contribution in [3.63, 3.8) is 0 Å². The third kappa shape index (κ3) is 2.61. The van der Waals surface area contributed by atoms with E-state index in [-0.39, 0.29) is 10.2 Å². The first-order valence-corrected chi connectivity index (χ1v) is 7.45. The molecular weight excluding hydrogens is 298 g/mol. The van der Waals surface area contributed by atoms with E-state index in [2.05, 4.69) is 22.9 Å². The SMILES string of the molecule is Cc1cc(C(Br)C2(C)CCCCC2)c(F)cc1F. The molecular formula is C15H19BrF2. The molecule has 1 fully saturated rings. The summed E-state index contributed by atoms with van der Waals surface area (Å²) in [5.41, 5.74) is 1.18. The molecule has 0 bridgehead atoms. The Balaban J connectivity index is 2.33. The van der Waals surface area contributed by atoms with E-state index in [4.69, 9.17) is 0 Å². The second kappa shape index (κ2) is 5.28. The fourth-order valence-corrected chi connectivity index (χ4v) is 3.67. The van der Waals surface area contributed by atoms with E-state index in [9.17, 15) is 8.78 Å². The molecule has 0 spiro atoms. The van der Waals surface area contributed by atoms with Crippen LogP contribution in [0.2, 0.25) is 0 Å². The van der Waals surface area contributed by atoms with E-state index < -0.39 is 11.6 Å². The second-order valence-corrected chi connectivity index (χ2v) is 6.62. The van der Waals surface area contributed by atoms with Crippen molar-refractivity contribution in [1.29, 1.82) is 0 Å². The molecule has 2 rings (SSSR count). The van der Waals surface area contributed by atoms with Crippen LogP contribution in [0, 0.1) is 24.0 Å². The van der Waals surface area contributed by atoms with E-state index >= 15 is 0 Å². The molecule has 1 aliphatic carbocycles. The first kappa shape index (κ1) is 14.0. The first-order valence-electron chi connectivity index (χ1n) is 6.54. The van der Waals surface area contributed by atoms with E-state index in [0.29, 0.717) is 11.1 Å². The molecule has 3 heteroatoms. The Bertz CT molecular complexity index is 436. The molecule has 100 valence electrons. The topological polar surface area (TPSA) is 0 Å². The van der Waals surface area contributed by atoms with Crippen LogP contribution in [0.3, 0.4) is 0 Å². The summed E-state index contributed by atoms with van der Waals surface area (Å²) < 4.78 is 27.2. The van der Waals surface area contributed by atoms with Gasteiger partial charge in [0, 0.05) is 16.5 Å². The lowest BCUT2D eigenvalue weighted by Crippen LogP contribution is -2.25. The Hall–Kier alpha value is -0.440. The van der Waals surface area contributed by atoms with Crippen LogP contribution in [0.1, 0.15) is 55.0 Å². The summed E-state index contributed by atoms with van der Waals surface area (Å²) in [5.74, 6) is -0.906. The van der Waals surface area contributed by atoms with Crippen molar-refractivity contribution in [2.24, 2.45) is 5.41 Å². The molecule has 1 aromatic carbocycles. The standard InChI is InChI=1S/C15H19BrF2/c1-10-8-11(13(18)9-12(10)17)14(16)15(2)6-4-3-5-7-15/h8-9,14H,3-7H2,1-2H3. The number of halogens is 3. The molecule has 0 saturated heterocycles. The number of benzene rings is 1. The smallest absolute Gasteiger partial charge is 0.130 e. The van der Waals surface area contributed by atoms with Crippen molar-refractivity contribution in [2.45, 2.75) is 50.8 Å². The van der Waals surface area contributed by atoms with Gasteiger partial charge in [0.1, 0.15) is 11.6 Å². The molecule has 0 aromatic heterocycles. The summed E-state index contributed by atoms with van der Waals surface area (Å²) in [6.07, 6.45) is 5.85. The van der Waals surface area contributed by atoms with Crippen LogP contribution in [0.5, 0.6) is 0 Å². The van der Waals surface area contributed by atoms with Gasteiger partial charge in [-0.05, 0) is 36.8 Å². The van der Waals surface area contributed by atoms with Crippen molar-refractivity contribution >= 4 is 15.9 Å². The minimum Gasteiger partial charge on any atom is -0.207 e. The number of hydrogen-bond donors (Lipinski definition) is 0. The molecule has 1 saturated carbocycles. The lowest BCUT2D eigenvalue weighted by atomic mass is 9.71. The molecule has 1 atom stereocenters. The first-order chi connectivity index (χ1) is 8.44. The van der Waals surface area contributed by atoms with Crippen molar-refractivity contribution in [3.8, 4) is 0 Å². The number of alkyl halides is 1. The van der Waals surface area contributed by atoms with Gasteiger partial charge in [0.2, 0.25) is 0 Å². The van der Waals surface area contributed by atoms with Gasteiger partial charge in [0.25, 0.3) is 0 Å². The Morgan fingerprint density at radius 2 is 1.72 bits per heavy atom. The highest BCUT2D eigenvalue weighted by molar-refractivity contribution is 9.09. The van der Waals surface area contributed by atoms with Gasteiger partial charge >= 0.3 is 0 Å². The highest BCUT2D eigenvalue weighted by atomic mass is 79.9.